The number of esters is 2. The maximum absolute atomic E-state index is 11.1. The fraction of sp³-hybridized carbons (Fsp3) is 0.733. The molecule has 1 saturated heterocycles. The molecule has 2 heterocycles. The third kappa shape index (κ3) is 5.40. The maximum Gasteiger partial charge on any atom is 0.303 e. The molecule has 22 heavy (non-hydrogen) atoms. The first-order valence-electron chi connectivity index (χ1n) is 7.42. The van der Waals surface area contributed by atoms with Gasteiger partial charge in [-0.1, -0.05) is 0 Å². The van der Waals surface area contributed by atoms with Crippen molar-refractivity contribution in [3.05, 3.63) is 12.2 Å². The summed E-state index contributed by atoms with van der Waals surface area (Å²) in [6.07, 6.45) is 3.73. The number of carbonyl (C=O) groups excluding carboxylic acids is 2. The highest BCUT2D eigenvalue weighted by molar-refractivity contribution is 5.66. The molecule has 2 unspecified atom stereocenters. The quantitative estimate of drug-likeness (QED) is 0.533. The predicted octanol–water partition coefficient (Wildman–Crippen LogP) is 0.958. The van der Waals surface area contributed by atoms with Crippen LogP contribution in [-0.2, 0) is 33.3 Å². The average molecular weight is 314 g/mol. The second kappa shape index (κ2) is 8.26. The van der Waals surface area contributed by atoms with Crippen LogP contribution in [0.5, 0.6) is 0 Å². The fourth-order valence-corrected chi connectivity index (χ4v) is 2.33. The molecular weight excluding hydrogens is 292 g/mol. The van der Waals surface area contributed by atoms with Gasteiger partial charge in [-0.15, -0.1) is 0 Å². The van der Waals surface area contributed by atoms with Crippen molar-refractivity contribution in [1.82, 2.24) is 0 Å². The summed E-state index contributed by atoms with van der Waals surface area (Å²) >= 11 is 0. The smallest absolute Gasteiger partial charge is 0.303 e. The first kappa shape index (κ1) is 16.9. The molecule has 2 rings (SSSR count). The molecule has 0 radical (unpaired) electrons. The molecule has 0 aromatic heterocycles. The van der Waals surface area contributed by atoms with Crippen LogP contribution >= 0.6 is 0 Å². The third-order valence-corrected chi connectivity index (χ3v) is 3.36. The van der Waals surface area contributed by atoms with E-state index in [4.69, 9.17) is 23.7 Å². The zero-order valence-corrected chi connectivity index (χ0v) is 12.9. The summed E-state index contributed by atoms with van der Waals surface area (Å²) in [6, 6.07) is 0. The van der Waals surface area contributed by atoms with Crippen LogP contribution in [0.25, 0.3) is 0 Å². The first-order chi connectivity index (χ1) is 10.5. The van der Waals surface area contributed by atoms with Gasteiger partial charge < -0.3 is 23.7 Å². The summed E-state index contributed by atoms with van der Waals surface area (Å²) in [6.45, 7) is 3.82. The largest absolute Gasteiger partial charge is 0.463 e. The molecule has 7 heteroatoms. The van der Waals surface area contributed by atoms with Crippen molar-refractivity contribution < 1.29 is 33.3 Å². The van der Waals surface area contributed by atoms with E-state index in [1.54, 1.807) is 12.2 Å². The second-order valence-electron chi connectivity index (χ2n) is 5.27. The highest BCUT2D eigenvalue weighted by Gasteiger charge is 2.31. The van der Waals surface area contributed by atoms with E-state index >= 15 is 0 Å². The van der Waals surface area contributed by atoms with Crippen LogP contribution in [-0.4, -0.2) is 56.4 Å². The Labute approximate surface area is 129 Å². The van der Waals surface area contributed by atoms with Gasteiger partial charge in [0.2, 0.25) is 0 Å². The minimum absolute atomic E-state index is 0.00257. The lowest BCUT2D eigenvalue weighted by atomic mass is 10.1. The monoisotopic (exact) mass is 314 g/mol. The Bertz CT molecular complexity index is 414. The van der Waals surface area contributed by atoms with Crippen LogP contribution in [0.4, 0.5) is 0 Å². The van der Waals surface area contributed by atoms with Crippen LogP contribution in [0.3, 0.4) is 0 Å². The number of rotatable bonds is 6. The van der Waals surface area contributed by atoms with E-state index in [2.05, 4.69) is 0 Å². The van der Waals surface area contributed by atoms with E-state index in [1.165, 1.54) is 13.8 Å². The Hall–Kier alpha value is -1.44. The SMILES string of the molecule is CC(=O)OC[C@H]1OC(OCC2CCCO2)C=C[C@@H]1OC(C)=O. The standard InChI is InChI=1S/C15H22O7/c1-10(16)19-9-14-13(21-11(2)17)5-6-15(22-14)20-8-12-4-3-7-18-12/h5-6,12-15H,3-4,7-9H2,1-2H3/t12?,13-,14+,15?/m0/s1. The van der Waals surface area contributed by atoms with Crippen LogP contribution in [0.2, 0.25) is 0 Å². The van der Waals surface area contributed by atoms with Gasteiger partial charge in [0.15, 0.2) is 6.29 Å². The van der Waals surface area contributed by atoms with E-state index in [-0.39, 0.29) is 12.7 Å². The second-order valence-corrected chi connectivity index (χ2v) is 5.27. The van der Waals surface area contributed by atoms with Gasteiger partial charge in [-0.3, -0.25) is 9.59 Å². The Kier molecular flexibility index (Phi) is 6.35. The summed E-state index contributed by atoms with van der Waals surface area (Å²) in [7, 11) is 0. The van der Waals surface area contributed by atoms with Gasteiger partial charge >= 0.3 is 11.9 Å². The van der Waals surface area contributed by atoms with Gasteiger partial charge in [-0.05, 0) is 25.0 Å². The zero-order chi connectivity index (χ0) is 15.9. The van der Waals surface area contributed by atoms with Crippen LogP contribution < -0.4 is 0 Å². The van der Waals surface area contributed by atoms with Gasteiger partial charge in [-0.2, -0.15) is 0 Å². The lowest BCUT2D eigenvalue weighted by Gasteiger charge is -2.31. The highest BCUT2D eigenvalue weighted by atomic mass is 16.7. The van der Waals surface area contributed by atoms with E-state index in [0.717, 1.165) is 19.4 Å². The molecule has 0 saturated carbocycles. The number of ether oxygens (including phenoxy) is 5. The third-order valence-electron chi connectivity index (χ3n) is 3.36. The van der Waals surface area contributed by atoms with Gasteiger partial charge in [-0.25, -0.2) is 0 Å². The van der Waals surface area contributed by atoms with Crippen LogP contribution in [0.15, 0.2) is 12.2 Å². The molecule has 2 aliphatic rings. The minimum Gasteiger partial charge on any atom is -0.463 e. The van der Waals surface area contributed by atoms with Crippen molar-refractivity contribution in [1.29, 1.82) is 0 Å². The highest BCUT2D eigenvalue weighted by Crippen LogP contribution is 2.19. The fourth-order valence-electron chi connectivity index (χ4n) is 2.33. The first-order valence-corrected chi connectivity index (χ1v) is 7.42. The summed E-state index contributed by atoms with van der Waals surface area (Å²) in [5.74, 6) is -0.846. The van der Waals surface area contributed by atoms with E-state index in [1.807, 2.05) is 0 Å². The van der Waals surface area contributed by atoms with Crippen LogP contribution in [0, 0.1) is 0 Å². The van der Waals surface area contributed by atoms with Gasteiger partial charge in [0.05, 0.1) is 12.7 Å². The van der Waals surface area contributed by atoms with Crippen LogP contribution in [0.1, 0.15) is 26.7 Å². The Morgan fingerprint density at radius 3 is 2.64 bits per heavy atom. The molecule has 0 aliphatic carbocycles. The molecule has 0 spiro atoms. The molecule has 0 bridgehead atoms. The summed E-state index contributed by atoms with van der Waals surface area (Å²) in [4.78, 5) is 22.1. The molecule has 4 atom stereocenters. The Morgan fingerprint density at radius 1 is 1.18 bits per heavy atom. The zero-order valence-electron chi connectivity index (χ0n) is 12.9. The lowest BCUT2D eigenvalue weighted by molar-refractivity contribution is -0.202. The normalized spacial score (nSPS) is 31.0. The number of carbonyl (C=O) groups is 2. The summed E-state index contributed by atoms with van der Waals surface area (Å²) in [5.41, 5.74) is 0. The molecular formula is C15H22O7. The molecule has 0 aromatic rings. The van der Waals surface area contributed by atoms with Crippen molar-refractivity contribution in [2.75, 3.05) is 19.8 Å². The van der Waals surface area contributed by atoms with E-state index in [0.29, 0.717) is 6.61 Å². The van der Waals surface area contributed by atoms with Crippen molar-refractivity contribution in [3.8, 4) is 0 Å². The van der Waals surface area contributed by atoms with Gasteiger partial charge in [0.25, 0.3) is 0 Å². The topological polar surface area (TPSA) is 80.3 Å². The molecule has 1 fully saturated rings. The van der Waals surface area contributed by atoms with Gasteiger partial charge in [0, 0.05) is 20.5 Å². The lowest BCUT2D eigenvalue weighted by Crippen LogP contribution is -2.42. The van der Waals surface area contributed by atoms with Gasteiger partial charge in [0.1, 0.15) is 18.8 Å². The molecule has 7 nitrogen and oxygen atoms in total. The predicted molar refractivity (Wildman–Crippen MR) is 74.9 cm³/mol. The molecule has 2 aliphatic heterocycles. The average Bonchev–Trinajstić information content (AvgIpc) is 2.97. The number of hydrogen-bond donors (Lipinski definition) is 0. The van der Waals surface area contributed by atoms with E-state index < -0.39 is 30.4 Å². The van der Waals surface area contributed by atoms with Crippen molar-refractivity contribution in [2.45, 2.75) is 51.3 Å². The summed E-state index contributed by atoms with van der Waals surface area (Å²) < 4.78 is 26.9. The Morgan fingerprint density at radius 2 is 2.00 bits per heavy atom. The maximum atomic E-state index is 11.1. The van der Waals surface area contributed by atoms with Crippen molar-refractivity contribution in [3.63, 3.8) is 0 Å². The Balaban J connectivity index is 1.87. The van der Waals surface area contributed by atoms with Crippen molar-refractivity contribution in [2.24, 2.45) is 0 Å². The van der Waals surface area contributed by atoms with Crippen molar-refractivity contribution >= 4 is 11.9 Å². The molecule has 124 valence electrons. The molecule has 0 amide bonds. The summed E-state index contributed by atoms with van der Waals surface area (Å²) in [5, 5.41) is 0. The minimum atomic E-state index is -0.598. The molecule has 0 N–H and O–H groups in total. The van der Waals surface area contributed by atoms with E-state index in [9.17, 15) is 9.59 Å². The number of hydrogen-bond acceptors (Lipinski definition) is 7. The molecule has 0 aromatic carbocycles.